The van der Waals surface area contributed by atoms with Crippen molar-refractivity contribution in [3.05, 3.63) is 34.1 Å². The van der Waals surface area contributed by atoms with Crippen molar-refractivity contribution in [3.8, 4) is 0 Å². The number of ether oxygens (including phenoxy) is 2. The molecule has 14 heavy (non-hydrogen) atoms. The van der Waals surface area contributed by atoms with Gasteiger partial charge in [0.25, 0.3) is 0 Å². The van der Waals surface area contributed by atoms with Gasteiger partial charge in [-0.15, -0.1) is 0 Å². The Hall–Kier alpha value is -0.710. The average Bonchev–Trinajstić information content (AvgIpc) is 2.59. The van der Waals surface area contributed by atoms with E-state index < -0.39 is 5.79 Å². The van der Waals surface area contributed by atoms with Crippen molar-refractivity contribution in [2.24, 2.45) is 0 Å². The Morgan fingerprint density at radius 1 is 1.29 bits per heavy atom. The number of pyridine rings is 1. The van der Waals surface area contributed by atoms with Crippen LogP contribution in [0.2, 0.25) is 0 Å². The summed E-state index contributed by atoms with van der Waals surface area (Å²) >= 11 is 3.43. The van der Waals surface area contributed by atoms with Gasteiger partial charge < -0.3 is 9.47 Å². The largest absolute Gasteiger partial charge is 0.346 e. The zero-order valence-electron chi connectivity index (χ0n) is 7.95. The van der Waals surface area contributed by atoms with E-state index >= 15 is 0 Å². The van der Waals surface area contributed by atoms with E-state index in [1.165, 1.54) is 0 Å². The summed E-state index contributed by atoms with van der Waals surface area (Å²) in [6.45, 7) is 0. The molecule has 1 aromatic heterocycles. The zero-order chi connectivity index (χ0) is 10.2. The van der Waals surface area contributed by atoms with Gasteiger partial charge in [-0.2, -0.15) is 0 Å². The minimum absolute atomic E-state index is 0.772. The van der Waals surface area contributed by atoms with Crippen molar-refractivity contribution in [2.75, 3.05) is 14.2 Å². The van der Waals surface area contributed by atoms with Gasteiger partial charge in [0.2, 0.25) is 5.79 Å². The van der Waals surface area contributed by atoms with Crippen LogP contribution in [-0.2, 0) is 15.3 Å². The lowest BCUT2D eigenvalue weighted by molar-refractivity contribution is -0.175. The Bertz CT molecular complexity index is 386. The van der Waals surface area contributed by atoms with Crippen LogP contribution >= 0.6 is 15.9 Å². The Balaban J connectivity index is 2.59. The van der Waals surface area contributed by atoms with Gasteiger partial charge in [-0.3, -0.25) is 4.98 Å². The lowest BCUT2D eigenvalue weighted by atomic mass is 10.1. The summed E-state index contributed by atoms with van der Waals surface area (Å²) in [5.74, 6) is -0.772. The highest BCUT2D eigenvalue weighted by atomic mass is 79.9. The molecule has 1 aliphatic rings. The van der Waals surface area contributed by atoms with E-state index in [1.807, 2.05) is 12.2 Å². The molecule has 1 aliphatic carbocycles. The molecule has 0 bridgehead atoms. The second kappa shape index (κ2) is 3.46. The Labute approximate surface area is 90.9 Å². The lowest BCUT2D eigenvalue weighted by Crippen LogP contribution is -2.26. The molecule has 4 heteroatoms. The Kier molecular flexibility index (Phi) is 2.43. The summed E-state index contributed by atoms with van der Waals surface area (Å²) in [7, 11) is 3.23. The highest BCUT2D eigenvalue weighted by Crippen LogP contribution is 2.39. The second-order valence-electron chi connectivity index (χ2n) is 2.99. The molecule has 0 unspecified atom stereocenters. The molecule has 0 radical (unpaired) electrons. The number of rotatable bonds is 2. The Morgan fingerprint density at radius 3 is 2.64 bits per heavy atom. The van der Waals surface area contributed by atoms with Crippen LogP contribution in [-0.4, -0.2) is 19.2 Å². The molecule has 0 saturated heterocycles. The van der Waals surface area contributed by atoms with E-state index in [1.54, 1.807) is 26.6 Å². The van der Waals surface area contributed by atoms with E-state index in [0.717, 1.165) is 15.6 Å². The van der Waals surface area contributed by atoms with E-state index in [2.05, 4.69) is 20.9 Å². The lowest BCUT2D eigenvalue weighted by Gasteiger charge is -2.25. The minimum atomic E-state index is -0.772. The Morgan fingerprint density at radius 2 is 2.00 bits per heavy atom. The van der Waals surface area contributed by atoms with Crippen molar-refractivity contribution < 1.29 is 9.47 Å². The fourth-order valence-electron chi connectivity index (χ4n) is 1.61. The predicted octanol–water partition coefficient (Wildman–Crippen LogP) is 2.32. The maximum Gasteiger partial charge on any atom is 0.217 e. The van der Waals surface area contributed by atoms with Gasteiger partial charge in [0.15, 0.2) is 0 Å². The van der Waals surface area contributed by atoms with Gasteiger partial charge in [-0.25, -0.2) is 0 Å². The van der Waals surface area contributed by atoms with Crippen molar-refractivity contribution in [3.63, 3.8) is 0 Å². The van der Waals surface area contributed by atoms with Gasteiger partial charge in [-0.05, 0) is 22.0 Å². The molecule has 3 nitrogen and oxygen atoms in total. The second-order valence-corrected chi connectivity index (χ2v) is 3.85. The summed E-state index contributed by atoms with van der Waals surface area (Å²) in [6, 6.07) is 0. The number of aromatic nitrogens is 1. The van der Waals surface area contributed by atoms with Crippen LogP contribution in [0.1, 0.15) is 11.1 Å². The topological polar surface area (TPSA) is 31.4 Å². The smallest absolute Gasteiger partial charge is 0.217 e. The summed E-state index contributed by atoms with van der Waals surface area (Å²) < 4.78 is 11.7. The third-order valence-corrected chi connectivity index (χ3v) is 3.02. The number of halogens is 1. The first-order valence-electron chi connectivity index (χ1n) is 4.17. The third kappa shape index (κ3) is 1.22. The monoisotopic (exact) mass is 255 g/mol. The van der Waals surface area contributed by atoms with Gasteiger partial charge in [-0.1, -0.05) is 6.08 Å². The average molecular weight is 256 g/mol. The van der Waals surface area contributed by atoms with Crippen molar-refractivity contribution >= 4 is 22.0 Å². The van der Waals surface area contributed by atoms with Gasteiger partial charge in [0.1, 0.15) is 0 Å². The summed E-state index contributed by atoms with van der Waals surface area (Å²) in [4.78, 5) is 4.10. The molecule has 0 aliphatic heterocycles. The quantitative estimate of drug-likeness (QED) is 0.761. The van der Waals surface area contributed by atoms with Crippen LogP contribution < -0.4 is 0 Å². The molecule has 1 heterocycles. The molecule has 0 amide bonds. The number of nitrogens with zero attached hydrogens (tertiary/aromatic N) is 1. The predicted molar refractivity (Wildman–Crippen MR) is 56.7 cm³/mol. The molecule has 74 valence electrons. The molecule has 0 N–H and O–H groups in total. The summed E-state index contributed by atoms with van der Waals surface area (Å²) in [5.41, 5.74) is 1.99. The van der Waals surface area contributed by atoms with Crippen LogP contribution in [0.4, 0.5) is 0 Å². The number of methoxy groups -OCH3 is 2. The van der Waals surface area contributed by atoms with E-state index in [4.69, 9.17) is 9.47 Å². The molecular weight excluding hydrogens is 246 g/mol. The fraction of sp³-hybridized carbons (Fsp3) is 0.300. The van der Waals surface area contributed by atoms with Crippen molar-refractivity contribution in [2.45, 2.75) is 5.79 Å². The molecule has 2 rings (SSSR count). The highest BCUT2D eigenvalue weighted by Gasteiger charge is 2.36. The molecule has 0 saturated carbocycles. The van der Waals surface area contributed by atoms with Gasteiger partial charge in [0, 0.05) is 42.2 Å². The van der Waals surface area contributed by atoms with E-state index in [0.29, 0.717) is 0 Å². The number of fused-ring (bicyclic) bond motifs is 1. The zero-order valence-corrected chi connectivity index (χ0v) is 9.54. The maximum atomic E-state index is 5.36. The van der Waals surface area contributed by atoms with E-state index in [-0.39, 0.29) is 0 Å². The van der Waals surface area contributed by atoms with Crippen molar-refractivity contribution in [1.82, 2.24) is 4.98 Å². The highest BCUT2D eigenvalue weighted by molar-refractivity contribution is 9.10. The molecule has 0 fully saturated rings. The fourth-order valence-corrected chi connectivity index (χ4v) is 2.08. The number of hydrogen-bond donors (Lipinski definition) is 0. The van der Waals surface area contributed by atoms with E-state index in [9.17, 15) is 0 Å². The molecular formula is C10H10BrNO2. The first kappa shape index (κ1) is 9.83. The van der Waals surface area contributed by atoms with Crippen LogP contribution in [0, 0.1) is 0 Å². The van der Waals surface area contributed by atoms with Gasteiger partial charge in [0.05, 0.1) is 0 Å². The molecule has 0 spiro atoms. The van der Waals surface area contributed by atoms with Crippen LogP contribution in [0.3, 0.4) is 0 Å². The standard InChI is InChI=1S/C10H10BrNO2/c1-13-10(14-2)4-3-7-8(10)5-12-6-9(7)11/h3-6H,1-2H3. The summed E-state index contributed by atoms with van der Waals surface area (Å²) in [5, 5.41) is 0. The number of hydrogen-bond acceptors (Lipinski definition) is 3. The van der Waals surface area contributed by atoms with Crippen LogP contribution in [0.5, 0.6) is 0 Å². The van der Waals surface area contributed by atoms with Crippen LogP contribution in [0.15, 0.2) is 22.9 Å². The minimum Gasteiger partial charge on any atom is -0.346 e. The van der Waals surface area contributed by atoms with Crippen molar-refractivity contribution in [1.29, 1.82) is 0 Å². The molecule has 0 aromatic carbocycles. The first-order valence-corrected chi connectivity index (χ1v) is 4.96. The molecule has 0 atom stereocenters. The normalized spacial score (nSPS) is 17.1. The maximum absolute atomic E-state index is 5.36. The summed E-state index contributed by atoms with van der Waals surface area (Å²) in [6.07, 6.45) is 7.36. The van der Waals surface area contributed by atoms with Crippen LogP contribution in [0.25, 0.3) is 6.08 Å². The molecule has 1 aromatic rings. The SMILES string of the molecule is COC1(OC)C=Cc2c(Br)cncc21. The van der Waals surface area contributed by atoms with Gasteiger partial charge >= 0.3 is 0 Å². The third-order valence-electron chi connectivity index (χ3n) is 2.39. The first-order chi connectivity index (χ1) is 6.73.